The molecule has 1 heterocycles. The molecule has 0 aromatic carbocycles. The smallest absolute Gasteiger partial charge is 0.170 e. The largest absolute Gasteiger partial charge is 0.319 e. The molecule has 0 unspecified atom stereocenters. The topological polar surface area (TPSA) is 67.6 Å². The van der Waals surface area contributed by atoms with Crippen LogP contribution in [0.25, 0.3) is 0 Å². The van der Waals surface area contributed by atoms with Gasteiger partial charge in [-0.15, -0.1) is 0 Å². The average molecular weight is 192 g/mol. The molecule has 4 heteroatoms. The molecule has 1 aromatic rings. The lowest BCUT2D eigenvalue weighted by Gasteiger charge is -2.58. The molecule has 0 amide bonds. The van der Waals surface area contributed by atoms with E-state index in [0.717, 1.165) is 24.5 Å². The summed E-state index contributed by atoms with van der Waals surface area (Å²) in [6, 6.07) is 0. The summed E-state index contributed by atoms with van der Waals surface area (Å²) in [6.45, 7) is 1.91. The van der Waals surface area contributed by atoms with Crippen LogP contribution in [-0.2, 0) is 5.54 Å². The number of nitrogens with zero attached hydrogens (tertiary/aromatic N) is 2. The minimum absolute atomic E-state index is 0.231. The minimum atomic E-state index is -0.231. The van der Waals surface area contributed by atoms with Gasteiger partial charge in [-0.3, -0.25) is 5.10 Å². The monoisotopic (exact) mass is 192 g/mol. The van der Waals surface area contributed by atoms with Gasteiger partial charge >= 0.3 is 0 Å². The molecular weight excluding hydrogens is 176 g/mol. The molecule has 3 N–H and O–H groups in total. The van der Waals surface area contributed by atoms with E-state index in [1.165, 1.54) is 19.3 Å². The molecule has 0 saturated heterocycles. The fraction of sp³-hybridized carbons (Fsp3) is 0.800. The second-order valence-electron chi connectivity index (χ2n) is 5.11. The molecule has 2 fully saturated rings. The van der Waals surface area contributed by atoms with E-state index in [-0.39, 0.29) is 5.54 Å². The predicted molar refractivity (Wildman–Crippen MR) is 52.5 cm³/mol. The van der Waals surface area contributed by atoms with E-state index < -0.39 is 0 Å². The van der Waals surface area contributed by atoms with Crippen molar-refractivity contribution in [3.8, 4) is 0 Å². The molecule has 1 aromatic heterocycles. The molecule has 76 valence electrons. The van der Waals surface area contributed by atoms with Crippen LogP contribution in [0.3, 0.4) is 0 Å². The van der Waals surface area contributed by atoms with E-state index in [4.69, 9.17) is 5.73 Å². The Kier molecular flexibility index (Phi) is 1.42. The van der Waals surface area contributed by atoms with Crippen molar-refractivity contribution < 1.29 is 0 Å². The van der Waals surface area contributed by atoms with Crippen LogP contribution in [0.2, 0.25) is 0 Å². The van der Waals surface area contributed by atoms with Crippen LogP contribution in [0.15, 0.2) is 0 Å². The van der Waals surface area contributed by atoms with Crippen molar-refractivity contribution in [2.24, 2.45) is 11.1 Å². The van der Waals surface area contributed by atoms with Crippen molar-refractivity contribution in [3.05, 3.63) is 11.6 Å². The molecule has 2 aliphatic rings. The number of aryl methyl sites for hydroxylation is 1. The maximum Gasteiger partial charge on any atom is 0.170 e. The highest BCUT2D eigenvalue weighted by atomic mass is 15.2. The molecule has 0 radical (unpaired) electrons. The lowest BCUT2D eigenvalue weighted by atomic mass is 9.48. The normalized spacial score (nSPS) is 27.0. The summed E-state index contributed by atoms with van der Waals surface area (Å²) in [5, 5.41) is 7.04. The number of H-pyrrole nitrogens is 1. The maximum absolute atomic E-state index is 6.28. The molecule has 1 spiro atoms. The van der Waals surface area contributed by atoms with Gasteiger partial charge in [0.2, 0.25) is 0 Å². The Morgan fingerprint density at radius 1 is 1.36 bits per heavy atom. The summed E-state index contributed by atoms with van der Waals surface area (Å²) in [5.41, 5.74) is 6.62. The molecule has 2 saturated carbocycles. The third-order valence-electron chi connectivity index (χ3n) is 3.84. The van der Waals surface area contributed by atoms with Crippen molar-refractivity contribution in [1.82, 2.24) is 15.2 Å². The van der Waals surface area contributed by atoms with Crippen LogP contribution in [0.5, 0.6) is 0 Å². The lowest BCUT2D eigenvalue weighted by Crippen LogP contribution is -2.58. The van der Waals surface area contributed by atoms with E-state index in [9.17, 15) is 0 Å². The van der Waals surface area contributed by atoms with Gasteiger partial charge < -0.3 is 5.73 Å². The van der Waals surface area contributed by atoms with E-state index in [0.29, 0.717) is 5.41 Å². The third kappa shape index (κ3) is 0.974. The molecule has 0 bridgehead atoms. The van der Waals surface area contributed by atoms with Gasteiger partial charge in [0.1, 0.15) is 5.82 Å². The zero-order valence-corrected chi connectivity index (χ0v) is 8.51. The van der Waals surface area contributed by atoms with E-state index in [2.05, 4.69) is 15.2 Å². The van der Waals surface area contributed by atoms with Crippen LogP contribution in [0.4, 0.5) is 0 Å². The van der Waals surface area contributed by atoms with E-state index >= 15 is 0 Å². The summed E-state index contributed by atoms with van der Waals surface area (Å²) in [4.78, 5) is 4.34. The summed E-state index contributed by atoms with van der Waals surface area (Å²) >= 11 is 0. The Balaban J connectivity index is 1.80. The number of nitrogens with two attached hydrogens (primary N) is 1. The number of hydrogen-bond acceptors (Lipinski definition) is 3. The van der Waals surface area contributed by atoms with Gasteiger partial charge in [0.25, 0.3) is 0 Å². The van der Waals surface area contributed by atoms with E-state index in [1.807, 2.05) is 6.92 Å². The molecule has 0 aliphatic heterocycles. The third-order valence-corrected chi connectivity index (χ3v) is 3.84. The van der Waals surface area contributed by atoms with Gasteiger partial charge in [0.05, 0.1) is 5.54 Å². The number of aromatic nitrogens is 3. The van der Waals surface area contributed by atoms with Crippen molar-refractivity contribution in [3.63, 3.8) is 0 Å². The van der Waals surface area contributed by atoms with Crippen molar-refractivity contribution in [2.75, 3.05) is 0 Å². The molecule has 0 atom stereocenters. The summed E-state index contributed by atoms with van der Waals surface area (Å²) in [7, 11) is 0. The molecule has 3 rings (SSSR count). The van der Waals surface area contributed by atoms with Gasteiger partial charge in [0.15, 0.2) is 5.82 Å². The van der Waals surface area contributed by atoms with E-state index in [1.54, 1.807) is 0 Å². The van der Waals surface area contributed by atoms with Crippen LogP contribution in [0, 0.1) is 12.3 Å². The van der Waals surface area contributed by atoms with Crippen molar-refractivity contribution >= 4 is 0 Å². The zero-order valence-electron chi connectivity index (χ0n) is 8.51. The molecular formula is C10H16N4. The lowest BCUT2D eigenvalue weighted by molar-refractivity contribution is -0.0500. The fourth-order valence-electron chi connectivity index (χ4n) is 3.04. The maximum atomic E-state index is 6.28. The summed E-state index contributed by atoms with van der Waals surface area (Å²) in [5.74, 6) is 1.67. The van der Waals surface area contributed by atoms with Gasteiger partial charge in [0, 0.05) is 0 Å². The molecule has 2 aliphatic carbocycles. The summed E-state index contributed by atoms with van der Waals surface area (Å²) in [6.07, 6.45) is 6.25. The van der Waals surface area contributed by atoms with Crippen LogP contribution in [-0.4, -0.2) is 15.2 Å². The van der Waals surface area contributed by atoms with Crippen molar-refractivity contribution in [1.29, 1.82) is 0 Å². The quantitative estimate of drug-likeness (QED) is 0.703. The first-order valence-corrected chi connectivity index (χ1v) is 5.30. The first-order valence-electron chi connectivity index (χ1n) is 5.30. The minimum Gasteiger partial charge on any atom is -0.319 e. The van der Waals surface area contributed by atoms with Gasteiger partial charge in [-0.2, -0.15) is 5.10 Å². The highest BCUT2D eigenvalue weighted by Gasteiger charge is 2.57. The fourth-order valence-corrected chi connectivity index (χ4v) is 3.04. The SMILES string of the molecule is Cc1nc(C2(N)CC3(CCC3)C2)n[nH]1. The Labute approximate surface area is 83.3 Å². The van der Waals surface area contributed by atoms with Crippen LogP contribution < -0.4 is 5.73 Å². The second-order valence-corrected chi connectivity index (χ2v) is 5.11. The Morgan fingerprint density at radius 2 is 2.07 bits per heavy atom. The highest BCUT2D eigenvalue weighted by molar-refractivity contribution is 5.18. The Morgan fingerprint density at radius 3 is 2.50 bits per heavy atom. The predicted octanol–water partition coefficient (Wildman–Crippen LogP) is 1.23. The molecule has 4 nitrogen and oxygen atoms in total. The number of hydrogen-bond donors (Lipinski definition) is 2. The number of aromatic amines is 1. The van der Waals surface area contributed by atoms with Crippen LogP contribution >= 0.6 is 0 Å². The first-order chi connectivity index (χ1) is 6.62. The summed E-state index contributed by atoms with van der Waals surface area (Å²) < 4.78 is 0. The van der Waals surface area contributed by atoms with Gasteiger partial charge in [-0.25, -0.2) is 4.98 Å². The number of nitrogens with one attached hydrogen (secondary N) is 1. The average Bonchev–Trinajstić information content (AvgIpc) is 2.42. The zero-order chi connectivity index (χ0) is 9.81. The first kappa shape index (κ1) is 8.41. The Bertz CT molecular complexity index is 356. The second kappa shape index (κ2) is 2.37. The Hall–Kier alpha value is -0.900. The van der Waals surface area contributed by atoms with Gasteiger partial charge in [-0.05, 0) is 38.0 Å². The number of rotatable bonds is 1. The molecule has 14 heavy (non-hydrogen) atoms. The van der Waals surface area contributed by atoms with Crippen LogP contribution in [0.1, 0.15) is 43.8 Å². The van der Waals surface area contributed by atoms with Crippen molar-refractivity contribution in [2.45, 2.75) is 44.6 Å². The van der Waals surface area contributed by atoms with Gasteiger partial charge in [-0.1, -0.05) is 6.42 Å². The highest BCUT2D eigenvalue weighted by Crippen LogP contribution is 2.62. The standard InChI is InChI=1S/C10H16N4/c1-7-12-8(14-13-7)10(11)5-9(6-10)3-2-4-9/h2-6,11H2,1H3,(H,12,13,14).